The number of rotatable bonds is 6. The Kier molecular flexibility index (Phi) is 7.19. The van der Waals surface area contributed by atoms with Gasteiger partial charge in [-0.3, -0.25) is 9.59 Å². The zero-order chi connectivity index (χ0) is 21.3. The van der Waals surface area contributed by atoms with Crippen molar-refractivity contribution in [1.29, 1.82) is 0 Å². The minimum Gasteiger partial charge on any atom is -0.489 e. The lowest BCUT2D eigenvalue weighted by molar-refractivity contribution is -0.136. The Labute approximate surface area is 179 Å². The maximum absolute atomic E-state index is 12.0. The van der Waals surface area contributed by atoms with Gasteiger partial charge in [0.2, 0.25) is 0 Å². The normalized spacial score (nSPS) is 10.6. The van der Waals surface area contributed by atoms with E-state index >= 15 is 0 Å². The summed E-state index contributed by atoms with van der Waals surface area (Å²) in [7, 11) is 0. The van der Waals surface area contributed by atoms with Gasteiger partial charge in [-0.2, -0.15) is 5.10 Å². The zero-order valence-corrected chi connectivity index (χ0v) is 17.0. The molecule has 0 radical (unpaired) electrons. The van der Waals surface area contributed by atoms with Gasteiger partial charge in [-0.25, -0.2) is 5.43 Å². The summed E-state index contributed by atoms with van der Waals surface area (Å²) in [5.74, 6) is -1.05. The number of amides is 2. The number of hydrogen-bond donors (Lipinski definition) is 2. The molecule has 0 saturated carbocycles. The van der Waals surface area contributed by atoms with Crippen LogP contribution in [-0.4, -0.2) is 18.0 Å². The van der Waals surface area contributed by atoms with Gasteiger partial charge in [-0.15, -0.1) is 0 Å². The van der Waals surface area contributed by atoms with Gasteiger partial charge in [0.15, 0.2) is 0 Å². The average Bonchev–Trinajstić information content (AvgIpc) is 2.76. The van der Waals surface area contributed by atoms with E-state index in [9.17, 15) is 9.59 Å². The Balaban J connectivity index is 1.53. The molecule has 3 aromatic carbocycles. The van der Waals surface area contributed by atoms with Gasteiger partial charge < -0.3 is 10.1 Å². The predicted octanol–water partition coefficient (Wildman–Crippen LogP) is 4.32. The number of nitrogens with one attached hydrogen (secondary N) is 2. The molecule has 0 atom stereocenters. The van der Waals surface area contributed by atoms with Crippen LogP contribution in [0.15, 0.2) is 77.9 Å². The van der Waals surface area contributed by atoms with Crippen LogP contribution in [0.3, 0.4) is 0 Å². The Morgan fingerprint density at radius 2 is 1.77 bits per heavy atom. The first-order valence-electron chi connectivity index (χ1n) is 9.19. The van der Waals surface area contributed by atoms with Crippen molar-refractivity contribution in [3.8, 4) is 5.75 Å². The third-order valence-electron chi connectivity index (χ3n) is 4.21. The lowest BCUT2D eigenvalue weighted by atomic mass is 10.2. The van der Waals surface area contributed by atoms with E-state index in [1.165, 1.54) is 6.21 Å². The molecule has 2 N–H and O–H groups in total. The standard InChI is InChI=1S/C23H20ClN3O3/c1-16-20(24)11-6-12-21(16)26-22(28)23(29)27-25-14-18-9-5-10-19(13-18)30-15-17-7-3-2-4-8-17/h2-14H,15H2,1H3,(H,26,28)(H,27,29)/b25-14-. The number of carbonyl (C=O) groups is 2. The van der Waals surface area contributed by atoms with Crippen molar-refractivity contribution in [2.45, 2.75) is 13.5 Å². The first-order chi connectivity index (χ1) is 14.5. The van der Waals surface area contributed by atoms with E-state index in [2.05, 4.69) is 15.8 Å². The van der Waals surface area contributed by atoms with Crippen molar-refractivity contribution >= 4 is 35.3 Å². The van der Waals surface area contributed by atoms with Gasteiger partial charge in [0.1, 0.15) is 12.4 Å². The van der Waals surface area contributed by atoms with Crippen LogP contribution in [0, 0.1) is 6.92 Å². The van der Waals surface area contributed by atoms with Crippen molar-refractivity contribution in [3.63, 3.8) is 0 Å². The number of hydrogen-bond acceptors (Lipinski definition) is 4. The molecule has 0 aliphatic rings. The number of hydrazone groups is 1. The Morgan fingerprint density at radius 3 is 2.57 bits per heavy atom. The molecule has 0 aliphatic heterocycles. The summed E-state index contributed by atoms with van der Waals surface area (Å²) in [6.07, 6.45) is 1.44. The Morgan fingerprint density at radius 1 is 1.00 bits per heavy atom. The fourth-order valence-electron chi connectivity index (χ4n) is 2.56. The second-order valence-electron chi connectivity index (χ2n) is 6.41. The topological polar surface area (TPSA) is 79.8 Å². The maximum Gasteiger partial charge on any atom is 0.329 e. The monoisotopic (exact) mass is 421 g/mol. The lowest BCUT2D eigenvalue weighted by Gasteiger charge is -2.08. The predicted molar refractivity (Wildman–Crippen MR) is 118 cm³/mol. The van der Waals surface area contributed by atoms with Gasteiger partial charge >= 0.3 is 11.8 Å². The molecule has 0 saturated heterocycles. The number of benzene rings is 3. The van der Waals surface area contributed by atoms with E-state index in [0.717, 1.165) is 5.56 Å². The Bertz CT molecular complexity index is 1070. The Hall–Kier alpha value is -3.64. The van der Waals surface area contributed by atoms with Crippen LogP contribution in [0.2, 0.25) is 5.02 Å². The highest BCUT2D eigenvalue weighted by molar-refractivity contribution is 6.40. The summed E-state index contributed by atoms with van der Waals surface area (Å²) in [6, 6.07) is 22.1. The minimum absolute atomic E-state index is 0.446. The van der Waals surface area contributed by atoms with Gasteiger partial charge in [-0.05, 0) is 47.9 Å². The summed E-state index contributed by atoms with van der Waals surface area (Å²) >= 11 is 6.01. The van der Waals surface area contributed by atoms with Crippen LogP contribution in [0.25, 0.3) is 0 Å². The molecular weight excluding hydrogens is 402 g/mol. The molecule has 0 bridgehead atoms. The molecule has 3 aromatic rings. The molecule has 6 nitrogen and oxygen atoms in total. The number of halogens is 1. The third-order valence-corrected chi connectivity index (χ3v) is 4.62. The minimum atomic E-state index is -0.887. The SMILES string of the molecule is Cc1c(Cl)cccc1NC(=O)C(=O)N/N=C\c1cccc(OCc2ccccc2)c1. The molecule has 30 heavy (non-hydrogen) atoms. The highest BCUT2D eigenvalue weighted by Crippen LogP contribution is 2.22. The van der Waals surface area contributed by atoms with Crippen molar-refractivity contribution < 1.29 is 14.3 Å². The third kappa shape index (κ3) is 5.93. The molecule has 0 fully saturated rings. The van der Waals surface area contributed by atoms with E-state index in [1.54, 1.807) is 37.3 Å². The van der Waals surface area contributed by atoms with Crippen molar-refractivity contribution in [1.82, 2.24) is 5.43 Å². The van der Waals surface area contributed by atoms with Gasteiger partial charge in [0.05, 0.1) is 6.21 Å². The van der Waals surface area contributed by atoms with Gasteiger partial charge in [-0.1, -0.05) is 60.1 Å². The second-order valence-corrected chi connectivity index (χ2v) is 6.82. The number of nitrogens with zero attached hydrogens (tertiary/aromatic N) is 1. The van der Waals surface area contributed by atoms with Crippen molar-refractivity contribution in [3.05, 3.63) is 94.5 Å². The van der Waals surface area contributed by atoms with E-state index in [4.69, 9.17) is 16.3 Å². The molecule has 3 rings (SSSR count). The smallest absolute Gasteiger partial charge is 0.329 e. The van der Waals surface area contributed by atoms with Crippen LogP contribution in [-0.2, 0) is 16.2 Å². The van der Waals surface area contributed by atoms with Gasteiger partial charge in [0.25, 0.3) is 0 Å². The molecule has 2 amide bonds. The molecule has 152 valence electrons. The fourth-order valence-corrected chi connectivity index (χ4v) is 2.74. The summed E-state index contributed by atoms with van der Waals surface area (Å²) in [5.41, 5.74) is 5.13. The first-order valence-corrected chi connectivity index (χ1v) is 9.57. The summed E-state index contributed by atoms with van der Waals surface area (Å²) < 4.78 is 5.76. The largest absolute Gasteiger partial charge is 0.489 e. The van der Waals surface area contributed by atoms with Gasteiger partial charge in [0, 0.05) is 10.7 Å². The maximum atomic E-state index is 12.0. The first kappa shape index (κ1) is 21.1. The van der Waals surface area contributed by atoms with E-state index in [1.807, 2.05) is 42.5 Å². The van der Waals surface area contributed by atoms with Crippen LogP contribution in [0.4, 0.5) is 5.69 Å². The lowest BCUT2D eigenvalue weighted by Crippen LogP contribution is -2.32. The van der Waals surface area contributed by atoms with Crippen molar-refractivity contribution in [2.75, 3.05) is 5.32 Å². The number of ether oxygens (including phenoxy) is 1. The van der Waals surface area contributed by atoms with Crippen molar-refractivity contribution in [2.24, 2.45) is 5.10 Å². The summed E-state index contributed by atoms with van der Waals surface area (Å²) in [4.78, 5) is 24.0. The molecule has 0 aliphatic carbocycles. The number of carbonyl (C=O) groups excluding carboxylic acids is 2. The van der Waals surface area contributed by atoms with Crippen LogP contribution < -0.4 is 15.5 Å². The van der Waals surface area contributed by atoms with E-state index in [0.29, 0.717) is 34.2 Å². The summed E-state index contributed by atoms with van der Waals surface area (Å²) in [6.45, 7) is 2.20. The molecule has 7 heteroatoms. The van der Waals surface area contributed by atoms with Crippen LogP contribution >= 0.6 is 11.6 Å². The highest BCUT2D eigenvalue weighted by atomic mass is 35.5. The van der Waals surface area contributed by atoms with Crippen LogP contribution in [0.1, 0.15) is 16.7 Å². The van der Waals surface area contributed by atoms with E-state index in [-0.39, 0.29) is 0 Å². The second kappa shape index (κ2) is 10.2. The highest BCUT2D eigenvalue weighted by Gasteiger charge is 2.14. The molecule has 0 heterocycles. The zero-order valence-electron chi connectivity index (χ0n) is 16.3. The summed E-state index contributed by atoms with van der Waals surface area (Å²) in [5, 5.41) is 6.85. The number of anilines is 1. The molecule has 0 aromatic heterocycles. The average molecular weight is 422 g/mol. The van der Waals surface area contributed by atoms with Crippen LogP contribution in [0.5, 0.6) is 5.75 Å². The molecule has 0 unspecified atom stereocenters. The fraction of sp³-hybridized carbons (Fsp3) is 0.0870. The van der Waals surface area contributed by atoms with E-state index < -0.39 is 11.8 Å². The quantitative estimate of drug-likeness (QED) is 0.353. The molecule has 0 spiro atoms. The molecular formula is C23H20ClN3O3.